The van der Waals surface area contributed by atoms with E-state index in [9.17, 15) is 19.2 Å². The molecule has 4 amide bonds. The van der Waals surface area contributed by atoms with E-state index in [4.69, 9.17) is 47.1 Å². The van der Waals surface area contributed by atoms with Crippen LogP contribution in [-0.2, 0) is 46.2 Å². The summed E-state index contributed by atoms with van der Waals surface area (Å²) in [4.78, 5) is 76.3. The van der Waals surface area contributed by atoms with Crippen molar-refractivity contribution in [3.8, 4) is 12.3 Å². The fourth-order valence-electron chi connectivity index (χ4n) is 11.6. The van der Waals surface area contributed by atoms with Gasteiger partial charge >= 0.3 is 0 Å². The quantitative estimate of drug-likeness (QED) is 0.0268. The van der Waals surface area contributed by atoms with Crippen molar-refractivity contribution in [1.82, 2.24) is 65.4 Å². The molecule has 3 aromatic rings. The van der Waals surface area contributed by atoms with E-state index in [-0.39, 0.29) is 42.3 Å². The number of terminal acetylenes is 1. The summed E-state index contributed by atoms with van der Waals surface area (Å²) in [5.74, 6) is 5.45. The number of carbonyl (C=O) groups excluding carboxylic acids is 4. The van der Waals surface area contributed by atoms with E-state index < -0.39 is 0 Å². The molecule has 0 unspecified atom stereocenters. The van der Waals surface area contributed by atoms with Crippen LogP contribution in [0.1, 0.15) is 218 Å². The molecule has 5 heterocycles. The monoisotopic (exact) mass is 1300 g/mol. The van der Waals surface area contributed by atoms with E-state index in [1.54, 1.807) is 9.36 Å². The number of carbonyl (C=O) groups is 4. The van der Waals surface area contributed by atoms with Crippen LogP contribution in [0.5, 0.6) is 0 Å². The van der Waals surface area contributed by atoms with E-state index in [1.807, 2.05) is 22.2 Å². The van der Waals surface area contributed by atoms with Gasteiger partial charge in [-0.2, -0.15) is 15.0 Å². The summed E-state index contributed by atoms with van der Waals surface area (Å²) in [5.41, 5.74) is 13.4. The van der Waals surface area contributed by atoms with Crippen molar-refractivity contribution < 1.29 is 33.4 Å². The van der Waals surface area contributed by atoms with Gasteiger partial charge in [-0.15, -0.1) is 16.6 Å². The Morgan fingerprint density at radius 2 is 0.914 bits per heavy atom. The van der Waals surface area contributed by atoms with Crippen molar-refractivity contribution in [3.05, 3.63) is 23.8 Å². The zero-order valence-corrected chi connectivity index (χ0v) is 57.6. The van der Waals surface area contributed by atoms with Crippen LogP contribution >= 0.6 is 0 Å². The molecule has 25 nitrogen and oxygen atoms in total. The number of rotatable bonds is 53. The third-order valence-corrected chi connectivity index (χ3v) is 17.9. The minimum atomic E-state index is -0.369. The Bertz CT molecular complexity index is 2380. The molecule has 0 bridgehead atoms. The van der Waals surface area contributed by atoms with Crippen LogP contribution in [0.3, 0.4) is 0 Å². The number of ether oxygens (including phenoxy) is 3. The average Bonchev–Trinajstić information content (AvgIpc) is 1.48. The smallest absolute Gasteiger partial charge is 0.244 e. The van der Waals surface area contributed by atoms with Crippen LogP contribution in [0.25, 0.3) is 0 Å². The molecule has 2 aliphatic rings. The lowest BCUT2D eigenvalue weighted by atomic mass is 10.0. The molecule has 524 valence electrons. The van der Waals surface area contributed by atoms with E-state index in [2.05, 4.69) is 80.0 Å². The second-order valence-electron chi connectivity index (χ2n) is 25.6. The second-order valence-corrected chi connectivity index (χ2v) is 25.6. The Morgan fingerprint density at radius 1 is 0.516 bits per heavy atom. The number of hydrogen-bond donors (Lipinski definition) is 5. The number of nitrogens with two attached hydrogens (primary N) is 2. The Kier molecular flexibility index (Phi) is 39.9. The molecular formula is C68H120N18O7. The SMILES string of the molecule is C#CCOCCOCCOCCNc1nc(N2CCN(C(=O)CCCCCCCCCCNC(=O)[C@H](CCCCN)n3cc(C[C@@H](C)CC)nn3)CC2)nc(N2CCN(C(=O)CCCCCCCCCCNC(=O)[C@H](CCCCN)n3cc(C[C@@H](C)CC)nn3)CC2)n1. The van der Waals surface area contributed by atoms with Gasteiger partial charge in [-0.25, -0.2) is 9.36 Å². The lowest BCUT2D eigenvalue weighted by Gasteiger charge is -2.36. The molecule has 0 radical (unpaired) electrons. The highest BCUT2D eigenvalue weighted by molar-refractivity contribution is 5.80. The molecule has 4 atom stereocenters. The Labute approximate surface area is 556 Å². The molecule has 2 saturated heterocycles. The van der Waals surface area contributed by atoms with E-state index in [1.165, 1.54) is 0 Å². The fraction of sp³-hybridized carbons (Fsp3) is 0.809. The maximum atomic E-state index is 13.4. The van der Waals surface area contributed by atoms with Gasteiger partial charge in [-0.05, 0) is 102 Å². The Balaban J connectivity index is 0.959. The topological polar surface area (TPSA) is 297 Å². The molecule has 25 heteroatoms. The second kappa shape index (κ2) is 47.8. The van der Waals surface area contributed by atoms with Gasteiger partial charge in [0.15, 0.2) is 0 Å². The zero-order chi connectivity index (χ0) is 66.5. The van der Waals surface area contributed by atoms with Gasteiger partial charge < -0.3 is 61.2 Å². The molecule has 0 aromatic carbocycles. The number of piperazine rings is 2. The minimum absolute atomic E-state index is 0.00205. The summed E-state index contributed by atoms with van der Waals surface area (Å²) in [7, 11) is 0. The summed E-state index contributed by atoms with van der Waals surface area (Å²) in [6.45, 7) is 19.0. The third-order valence-electron chi connectivity index (χ3n) is 17.9. The number of aromatic nitrogens is 9. The van der Waals surface area contributed by atoms with Crippen LogP contribution in [0.2, 0.25) is 0 Å². The van der Waals surface area contributed by atoms with Gasteiger partial charge in [0.25, 0.3) is 0 Å². The van der Waals surface area contributed by atoms with Crippen LogP contribution in [0, 0.1) is 24.2 Å². The lowest BCUT2D eigenvalue weighted by molar-refractivity contribution is -0.132. The zero-order valence-electron chi connectivity index (χ0n) is 57.6. The normalized spacial score (nSPS) is 14.8. The minimum Gasteiger partial charge on any atom is -0.377 e. The summed E-state index contributed by atoms with van der Waals surface area (Å²) in [6, 6.07) is -0.738. The molecule has 0 aliphatic carbocycles. The van der Waals surface area contributed by atoms with Crippen LogP contribution < -0.4 is 37.2 Å². The molecule has 93 heavy (non-hydrogen) atoms. The van der Waals surface area contributed by atoms with Crippen LogP contribution in [-0.4, -0.2) is 203 Å². The van der Waals surface area contributed by atoms with E-state index >= 15 is 0 Å². The maximum absolute atomic E-state index is 13.4. The first-order valence-electron chi connectivity index (χ1n) is 36.0. The highest BCUT2D eigenvalue weighted by Crippen LogP contribution is 2.23. The first kappa shape index (κ1) is 77.6. The van der Waals surface area contributed by atoms with Crippen molar-refractivity contribution >= 4 is 41.5 Å². The average molecular weight is 1300 g/mol. The van der Waals surface area contributed by atoms with Gasteiger partial charge in [0.1, 0.15) is 18.7 Å². The fourth-order valence-corrected chi connectivity index (χ4v) is 11.6. The molecule has 0 saturated carbocycles. The Morgan fingerprint density at radius 3 is 1.32 bits per heavy atom. The standard InChI is InChI=1S/C68H120N18O7/c1-6-46-91-48-50-93-51-49-92-47-37-73-66-74-67(83-42-38-81(39-43-83)62(87)31-21-17-13-9-11-15-19-27-35-71-64(89)60(29-23-25-33-69)85-54-58(77-79-85)52-56(4)7-2)76-68(75-66)84-44-40-82(41-45-84)63(88)32-22-18-14-10-12-16-20-28-36-72-65(90)61(30-24-26-34-70)86-55-59(78-80-86)53-57(5)8-3/h1,54-57,60-61H,7-53,69-70H2,2-5H3,(H,71,89)(H,72,90)(H,73,74,75,76)/t56-,57-,60-,61-/m0/s1. The number of nitrogens with one attached hydrogen (secondary N) is 3. The first-order valence-corrected chi connectivity index (χ1v) is 36.0. The Hall–Kier alpha value is -6.07. The predicted octanol–water partition coefficient (Wildman–Crippen LogP) is 7.62. The van der Waals surface area contributed by atoms with Crippen LogP contribution in [0.15, 0.2) is 12.4 Å². The number of anilines is 3. The summed E-state index contributed by atoms with van der Waals surface area (Å²) >= 11 is 0. The summed E-state index contributed by atoms with van der Waals surface area (Å²) in [5, 5.41) is 27.1. The van der Waals surface area contributed by atoms with Gasteiger partial charge in [0.05, 0.1) is 44.4 Å². The molecule has 0 spiro atoms. The van der Waals surface area contributed by atoms with E-state index in [0.717, 1.165) is 165 Å². The highest BCUT2D eigenvalue weighted by Gasteiger charge is 2.28. The van der Waals surface area contributed by atoms with Gasteiger partial charge in [0.2, 0.25) is 41.5 Å². The summed E-state index contributed by atoms with van der Waals surface area (Å²) in [6.07, 6.45) is 35.8. The van der Waals surface area contributed by atoms with Crippen molar-refractivity contribution in [2.24, 2.45) is 23.3 Å². The first-order chi connectivity index (χ1) is 45.5. The molecule has 2 fully saturated rings. The molecule has 7 N–H and O–H groups in total. The van der Waals surface area contributed by atoms with Gasteiger partial charge in [0, 0.05) is 97.2 Å². The predicted molar refractivity (Wildman–Crippen MR) is 367 cm³/mol. The van der Waals surface area contributed by atoms with Crippen molar-refractivity contribution in [3.63, 3.8) is 0 Å². The number of unbranched alkanes of at least 4 members (excludes halogenated alkanes) is 16. The van der Waals surface area contributed by atoms with Crippen molar-refractivity contribution in [2.75, 3.05) is 140 Å². The van der Waals surface area contributed by atoms with Gasteiger partial charge in [-0.3, -0.25) is 19.2 Å². The molecular weight excluding hydrogens is 1180 g/mol. The molecule has 5 rings (SSSR count). The number of hydrogen-bond acceptors (Lipinski definition) is 19. The summed E-state index contributed by atoms with van der Waals surface area (Å²) < 4.78 is 20.1. The highest BCUT2D eigenvalue weighted by atomic mass is 16.5. The van der Waals surface area contributed by atoms with E-state index in [0.29, 0.717) is 173 Å². The molecule has 2 aliphatic heterocycles. The van der Waals surface area contributed by atoms with Crippen molar-refractivity contribution in [2.45, 2.75) is 220 Å². The van der Waals surface area contributed by atoms with Crippen LogP contribution in [0.4, 0.5) is 17.8 Å². The van der Waals surface area contributed by atoms with Crippen molar-refractivity contribution in [1.29, 1.82) is 0 Å². The van der Waals surface area contributed by atoms with Gasteiger partial charge in [-0.1, -0.05) is 134 Å². The largest absolute Gasteiger partial charge is 0.377 e. The third kappa shape index (κ3) is 31.4. The maximum Gasteiger partial charge on any atom is 0.244 e. The lowest BCUT2D eigenvalue weighted by Crippen LogP contribution is -2.50. The number of amides is 4. The molecule has 3 aromatic heterocycles. The number of nitrogens with zero attached hydrogens (tertiary/aromatic N) is 13.